The minimum absolute atomic E-state index is 0.00544. The summed E-state index contributed by atoms with van der Waals surface area (Å²) in [5, 5.41) is 0. The minimum Gasteiger partial charge on any atom is -0.465 e. The molecule has 0 N–H and O–H groups in total. The number of carbonyl (C=O) groups excluding carboxylic acids is 2. The van der Waals surface area contributed by atoms with Gasteiger partial charge in [-0.3, -0.25) is 9.59 Å². The Hall–Kier alpha value is -0.900. The van der Waals surface area contributed by atoms with Gasteiger partial charge in [-0.2, -0.15) is 0 Å². The molecule has 0 aromatic rings. The molecule has 4 aliphatic carbocycles. The average Bonchev–Trinajstić information content (AvgIpc) is 3.17. The Bertz CT molecular complexity index is 519. The Morgan fingerprint density at radius 2 is 2.10 bits per heavy atom. The Labute approximate surface area is 125 Å². The summed E-state index contributed by atoms with van der Waals surface area (Å²) in [6.07, 6.45) is 4.03. The Morgan fingerprint density at radius 1 is 1.38 bits per heavy atom. The first-order valence-electron chi connectivity index (χ1n) is 8.14. The number of ether oxygens (including phenoxy) is 2. The molecule has 1 heterocycles. The number of hydrogen-bond donors (Lipinski definition) is 0. The fraction of sp³-hybridized carbons (Fsp3) is 0.882. The highest BCUT2D eigenvalue weighted by Gasteiger charge is 2.81. The zero-order valence-electron chi connectivity index (χ0n) is 13.1. The first kappa shape index (κ1) is 13.7. The Kier molecular flexibility index (Phi) is 2.55. The molecule has 0 aromatic carbocycles. The molecule has 4 nitrogen and oxygen atoms in total. The largest absolute Gasteiger partial charge is 0.465 e. The molecule has 21 heavy (non-hydrogen) atoms. The molecule has 4 saturated carbocycles. The second kappa shape index (κ2) is 3.89. The van der Waals surface area contributed by atoms with Gasteiger partial charge in [-0.25, -0.2) is 0 Å². The van der Waals surface area contributed by atoms with Gasteiger partial charge in [0.25, 0.3) is 0 Å². The van der Waals surface area contributed by atoms with Crippen LogP contribution in [0.2, 0.25) is 0 Å². The van der Waals surface area contributed by atoms with Crippen LogP contribution in [-0.4, -0.2) is 30.6 Å². The van der Waals surface area contributed by atoms with Crippen molar-refractivity contribution in [3.05, 3.63) is 0 Å². The maximum atomic E-state index is 12.4. The van der Waals surface area contributed by atoms with Crippen molar-refractivity contribution >= 4 is 11.8 Å². The molecule has 5 fully saturated rings. The van der Waals surface area contributed by atoms with Gasteiger partial charge >= 0.3 is 5.97 Å². The number of esters is 1. The van der Waals surface area contributed by atoms with E-state index in [1.54, 1.807) is 0 Å². The SMILES string of the molecule is CC(=O)OC[C@]12CCCC(C)(C)[C@@H]3[C@H]1[C@]1(CO1)C(=O)C[C@@H]32. The predicted molar refractivity (Wildman–Crippen MR) is 75.5 cm³/mol. The zero-order valence-corrected chi connectivity index (χ0v) is 13.1. The van der Waals surface area contributed by atoms with Crippen LogP contribution >= 0.6 is 0 Å². The summed E-state index contributed by atoms with van der Waals surface area (Å²) in [7, 11) is 0. The van der Waals surface area contributed by atoms with E-state index >= 15 is 0 Å². The summed E-state index contributed by atoms with van der Waals surface area (Å²) in [5.74, 6) is 1.25. The molecule has 0 aromatic heterocycles. The lowest BCUT2D eigenvalue weighted by Gasteiger charge is -2.68. The van der Waals surface area contributed by atoms with Crippen molar-refractivity contribution in [1.82, 2.24) is 0 Å². The average molecular weight is 292 g/mol. The Morgan fingerprint density at radius 3 is 2.71 bits per heavy atom. The molecular weight excluding hydrogens is 268 g/mol. The lowest BCUT2D eigenvalue weighted by molar-refractivity contribution is -0.235. The number of hydrogen-bond acceptors (Lipinski definition) is 4. The number of rotatable bonds is 2. The first-order chi connectivity index (χ1) is 9.83. The highest BCUT2D eigenvalue weighted by atomic mass is 16.6. The van der Waals surface area contributed by atoms with Crippen LogP contribution in [0.4, 0.5) is 0 Å². The van der Waals surface area contributed by atoms with Crippen molar-refractivity contribution in [2.45, 2.75) is 52.1 Å². The molecule has 0 amide bonds. The fourth-order valence-electron chi connectivity index (χ4n) is 5.99. The Balaban J connectivity index is 1.74. The lowest BCUT2D eigenvalue weighted by Crippen LogP contribution is -2.72. The molecule has 4 bridgehead atoms. The van der Waals surface area contributed by atoms with Crippen molar-refractivity contribution in [3.63, 3.8) is 0 Å². The molecular formula is C17H24O4. The minimum atomic E-state index is -0.527. The maximum Gasteiger partial charge on any atom is 0.302 e. The van der Waals surface area contributed by atoms with Crippen LogP contribution in [0.3, 0.4) is 0 Å². The number of fused-ring (bicyclic) bond motifs is 1. The highest BCUT2D eigenvalue weighted by molar-refractivity contribution is 5.93. The maximum absolute atomic E-state index is 12.4. The summed E-state index contributed by atoms with van der Waals surface area (Å²) >= 11 is 0. The van der Waals surface area contributed by atoms with Crippen molar-refractivity contribution in [2.75, 3.05) is 13.2 Å². The van der Waals surface area contributed by atoms with Gasteiger partial charge < -0.3 is 9.47 Å². The van der Waals surface area contributed by atoms with Crippen LogP contribution in [-0.2, 0) is 19.1 Å². The second-order valence-corrected chi connectivity index (χ2v) is 8.27. The third-order valence-corrected chi connectivity index (χ3v) is 6.90. The van der Waals surface area contributed by atoms with Gasteiger partial charge in [0.2, 0.25) is 0 Å². The lowest BCUT2D eigenvalue weighted by atomic mass is 9.35. The third-order valence-electron chi connectivity index (χ3n) is 6.90. The summed E-state index contributed by atoms with van der Waals surface area (Å²) in [5.41, 5.74) is -0.277. The molecule has 1 spiro atoms. The van der Waals surface area contributed by atoms with Crippen molar-refractivity contribution in [1.29, 1.82) is 0 Å². The van der Waals surface area contributed by atoms with E-state index in [2.05, 4.69) is 13.8 Å². The normalized spacial score (nSPS) is 49.3. The van der Waals surface area contributed by atoms with E-state index < -0.39 is 5.60 Å². The highest BCUT2D eigenvalue weighted by Crippen LogP contribution is 2.76. The van der Waals surface area contributed by atoms with Gasteiger partial charge in [0, 0.05) is 24.7 Å². The van der Waals surface area contributed by atoms with Gasteiger partial charge in [-0.1, -0.05) is 20.3 Å². The number of carbonyl (C=O) groups is 2. The number of epoxide rings is 1. The first-order valence-corrected chi connectivity index (χ1v) is 8.14. The predicted octanol–water partition coefficient (Wildman–Crippen LogP) is 2.35. The zero-order chi connectivity index (χ0) is 15.0. The molecule has 0 unspecified atom stereocenters. The van der Waals surface area contributed by atoms with Gasteiger partial charge in [0.15, 0.2) is 11.4 Å². The van der Waals surface area contributed by atoms with E-state index in [1.807, 2.05) is 0 Å². The van der Waals surface area contributed by atoms with Crippen LogP contribution < -0.4 is 0 Å². The molecule has 0 radical (unpaired) electrons. The molecule has 5 aliphatic rings. The summed E-state index contributed by atoms with van der Waals surface area (Å²) < 4.78 is 11.2. The van der Waals surface area contributed by atoms with Crippen LogP contribution in [0, 0.1) is 28.6 Å². The second-order valence-electron chi connectivity index (χ2n) is 8.27. The van der Waals surface area contributed by atoms with Crippen molar-refractivity contribution < 1.29 is 19.1 Å². The molecule has 5 rings (SSSR count). The van der Waals surface area contributed by atoms with Crippen molar-refractivity contribution in [3.8, 4) is 0 Å². The van der Waals surface area contributed by atoms with E-state index in [9.17, 15) is 9.59 Å². The van der Waals surface area contributed by atoms with Gasteiger partial charge in [0.05, 0.1) is 13.2 Å². The van der Waals surface area contributed by atoms with Crippen molar-refractivity contribution in [2.24, 2.45) is 28.6 Å². The van der Waals surface area contributed by atoms with E-state index in [1.165, 1.54) is 13.3 Å². The molecule has 1 aliphatic heterocycles. The summed E-state index contributed by atoms with van der Waals surface area (Å²) in [6.45, 7) is 7.20. The molecule has 4 heteroatoms. The summed E-state index contributed by atoms with van der Waals surface area (Å²) in [4.78, 5) is 23.7. The van der Waals surface area contributed by atoms with E-state index in [4.69, 9.17) is 9.47 Å². The molecule has 5 atom stereocenters. The fourth-order valence-corrected chi connectivity index (χ4v) is 5.99. The monoisotopic (exact) mass is 292 g/mol. The standard InChI is InChI=1S/C17H24O4/c1-10(18)20-8-16-6-4-5-15(2,3)13-11(16)7-12(19)17(9-21-17)14(13)16/h11,13-14H,4-9H2,1-3H3/t11-,13-,14+,16-,17-/m0/s1. The third kappa shape index (κ3) is 1.55. The van der Waals surface area contributed by atoms with Gasteiger partial charge in [-0.05, 0) is 30.1 Å². The van der Waals surface area contributed by atoms with E-state index in [-0.39, 0.29) is 22.7 Å². The molecule has 1 saturated heterocycles. The molecule has 116 valence electrons. The van der Waals surface area contributed by atoms with Crippen LogP contribution in [0.15, 0.2) is 0 Å². The van der Waals surface area contributed by atoms with E-state index in [0.29, 0.717) is 37.3 Å². The summed E-state index contributed by atoms with van der Waals surface area (Å²) in [6, 6.07) is 0. The number of ketones is 1. The topological polar surface area (TPSA) is 55.9 Å². The van der Waals surface area contributed by atoms with E-state index in [0.717, 1.165) is 12.8 Å². The number of Topliss-reactive ketones (excluding diaryl/α,β-unsaturated/α-hetero) is 1. The van der Waals surface area contributed by atoms with Crippen LogP contribution in [0.25, 0.3) is 0 Å². The van der Waals surface area contributed by atoms with Crippen LogP contribution in [0.1, 0.15) is 46.5 Å². The smallest absolute Gasteiger partial charge is 0.302 e. The van der Waals surface area contributed by atoms with Gasteiger partial charge in [0.1, 0.15) is 0 Å². The van der Waals surface area contributed by atoms with Crippen LogP contribution in [0.5, 0.6) is 0 Å². The van der Waals surface area contributed by atoms with Gasteiger partial charge in [-0.15, -0.1) is 0 Å². The quantitative estimate of drug-likeness (QED) is 0.579.